The third-order valence-electron chi connectivity index (χ3n) is 4.49. The molecule has 3 N–H and O–H groups in total. The van der Waals surface area contributed by atoms with E-state index in [9.17, 15) is 4.79 Å². The van der Waals surface area contributed by atoms with Gasteiger partial charge in [0.05, 0.1) is 0 Å². The third-order valence-corrected chi connectivity index (χ3v) is 4.49. The van der Waals surface area contributed by atoms with Crippen LogP contribution in [0.15, 0.2) is 0 Å². The monoisotopic (exact) mass is 283 g/mol. The molecule has 1 saturated carbocycles. The Hall–Kier alpha value is -0.610. The topological polar surface area (TPSA) is 58.4 Å². The van der Waals surface area contributed by atoms with Crippen molar-refractivity contribution in [1.29, 1.82) is 0 Å². The molecule has 1 aliphatic rings. The summed E-state index contributed by atoms with van der Waals surface area (Å²) in [6, 6.07) is 0. The summed E-state index contributed by atoms with van der Waals surface area (Å²) in [5.41, 5.74) is 5.29. The van der Waals surface area contributed by atoms with Crippen LogP contribution < -0.4 is 11.1 Å². The first-order chi connectivity index (χ1) is 9.42. The Bertz CT molecular complexity index is 306. The number of hydrogen-bond acceptors (Lipinski definition) is 3. The minimum Gasteiger partial charge on any atom is -0.368 e. The summed E-state index contributed by atoms with van der Waals surface area (Å²) in [5, 5.41) is 3.47. The highest BCUT2D eigenvalue weighted by Crippen LogP contribution is 2.38. The highest BCUT2D eigenvalue weighted by molar-refractivity contribution is 5.85. The van der Waals surface area contributed by atoms with Crippen molar-refractivity contribution in [3.8, 4) is 0 Å². The van der Waals surface area contributed by atoms with Crippen LogP contribution in [0, 0.1) is 11.8 Å². The van der Waals surface area contributed by atoms with Crippen molar-refractivity contribution < 1.29 is 4.79 Å². The Morgan fingerprint density at radius 1 is 1.50 bits per heavy atom. The number of nitrogens with one attached hydrogen (secondary N) is 1. The second kappa shape index (κ2) is 7.99. The molecule has 20 heavy (non-hydrogen) atoms. The van der Waals surface area contributed by atoms with Gasteiger partial charge in [-0.05, 0) is 57.7 Å². The van der Waals surface area contributed by atoms with Crippen molar-refractivity contribution >= 4 is 5.91 Å². The molecule has 0 saturated heterocycles. The third kappa shape index (κ3) is 4.45. The fourth-order valence-electron chi connectivity index (χ4n) is 3.55. The van der Waals surface area contributed by atoms with Crippen molar-refractivity contribution in [1.82, 2.24) is 10.2 Å². The van der Waals surface area contributed by atoms with E-state index in [4.69, 9.17) is 5.73 Å². The summed E-state index contributed by atoms with van der Waals surface area (Å²) in [7, 11) is 2.17. The first-order valence-electron chi connectivity index (χ1n) is 8.15. The number of carbonyl (C=O) groups excluding carboxylic acids is 1. The second-order valence-electron chi connectivity index (χ2n) is 6.80. The van der Waals surface area contributed by atoms with Gasteiger partial charge in [-0.2, -0.15) is 0 Å². The van der Waals surface area contributed by atoms with Crippen LogP contribution >= 0.6 is 0 Å². The minimum atomic E-state index is -0.450. The van der Waals surface area contributed by atoms with Gasteiger partial charge in [0, 0.05) is 6.54 Å². The number of primary amides is 1. The van der Waals surface area contributed by atoms with Gasteiger partial charge in [0.25, 0.3) is 0 Å². The lowest BCUT2D eigenvalue weighted by atomic mass is 9.83. The van der Waals surface area contributed by atoms with Gasteiger partial charge in [0.1, 0.15) is 5.54 Å². The van der Waals surface area contributed by atoms with Gasteiger partial charge < -0.3 is 16.0 Å². The predicted octanol–water partition coefficient (Wildman–Crippen LogP) is 1.99. The van der Waals surface area contributed by atoms with Gasteiger partial charge in [-0.25, -0.2) is 0 Å². The SMILES string of the molecule is CCCNC1(C(N)=O)CCCC1CCN(C)CC(C)C. The van der Waals surface area contributed by atoms with E-state index >= 15 is 0 Å². The largest absolute Gasteiger partial charge is 0.368 e. The van der Waals surface area contributed by atoms with Crippen molar-refractivity contribution in [3.05, 3.63) is 0 Å². The van der Waals surface area contributed by atoms with Crippen LogP contribution in [0.25, 0.3) is 0 Å². The lowest BCUT2D eigenvalue weighted by Crippen LogP contribution is -2.58. The van der Waals surface area contributed by atoms with Crippen molar-refractivity contribution in [2.45, 2.75) is 58.4 Å². The molecule has 1 fully saturated rings. The van der Waals surface area contributed by atoms with Crippen LogP contribution in [-0.4, -0.2) is 43.0 Å². The van der Waals surface area contributed by atoms with Gasteiger partial charge in [0.2, 0.25) is 5.91 Å². The smallest absolute Gasteiger partial charge is 0.238 e. The summed E-state index contributed by atoms with van der Waals surface area (Å²) >= 11 is 0. The highest BCUT2D eigenvalue weighted by atomic mass is 16.1. The average molecular weight is 283 g/mol. The maximum atomic E-state index is 12.0. The highest BCUT2D eigenvalue weighted by Gasteiger charge is 2.46. The molecule has 0 aliphatic heterocycles. The molecule has 4 nitrogen and oxygen atoms in total. The van der Waals surface area contributed by atoms with Crippen LogP contribution in [0.5, 0.6) is 0 Å². The first kappa shape index (κ1) is 17.4. The minimum absolute atomic E-state index is 0.153. The van der Waals surface area contributed by atoms with Crippen molar-refractivity contribution in [3.63, 3.8) is 0 Å². The van der Waals surface area contributed by atoms with Gasteiger partial charge >= 0.3 is 0 Å². The number of rotatable bonds is 9. The van der Waals surface area contributed by atoms with E-state index in [1.165, 1.54) is 0 Å². The normalized spacial score (nSPS) is 26.6. The van der Waals surface area contributed by atoms with Crippen molar-refractivity contribution in [2.75, 3.05) is 26.7 Å². The summed E-state index contributed by atoms with van der Waals surface area (Å²) < 4.78 is 0. The molecule has 0 aromatic carbocycles. The molecule has 1 aliphatic carbocycles. The van der Waals surface area contributed by atoms with Gasteiger partial charge in [0.15, 0.2) is 0 Å². The average Bonchev–Trinajstić information content (AvgIpc) is 2.77. The number of carbonyl (C=O) groups is 1. The van der Waals surface area contributed by atoms with E-state index < -0.39 is 5.54 Å². The molecule has 0 aromatic heterocycles. The zero-order chi connectivity index (χ0) is 15.2. The first-order valence-corrected chi connectivity index (χ1v) is 8.15. The Balaban J connectivity index is 2.59. The van der Waals surface area contributed by atoms with Crippen LogP contribution in [0.4, 0.5) is 0 Å². The molecule has 4 heteroatoms. The van der Waals surface area contributed by atoms with Crippen LogP contribution in [0.1, 0.15) is 52.9 Å². The van der Waals surface area contributed by atoms with Gasteiger partial charge in [-0.1, -0.05) is 27.2 Å². The molecule has 0 heterocycles. The molecule has 0 bridgehead atoms. The molecule has 1 rings (SSSR count). The lowest BCUT2D eigenvalue weighted by Gasteiger charge is -2.34. The fourth-order valence-corrected chi connectivity index (χ4v) is 3.55. The molecule has 0 spiro atoms. The number of hydrogen-bond donors (Lipinski definition) is 2. The molecular weight excluding hydrogens is 250 g/mol. The molecule has 2 atom stereocenters. The summed E-state index contributed by atoms with van der Waals surface area (Å²) in [4.78, 5) is 14.4. The molecule has 2 unspecified atom stereocenters. The Labute approximate surface area is 124 Å². The summed E-state index contributed by atoms with van der Waals surface area (Å²) in [6.07, 6.45) is 5.23. The van der Waals surface area contributed by atoms with E-state index in [0.717, 1.165) is 51.7 Å². The van der Waals surface area contributed by atoms with E-state index in [-0.39, 0.29) is 5.91 Å². The number of nitrogens with zero attached hydrogens (tertiary/aromatic N) is 1. The standard InChI is InChI=1S/C16H33N3O/c1-5-10-18-16(15(17)20)9-6-7-14(16)8-11-19(4)12-13(2)3/h13-14,18H,5-12H2,1-4H3,(H2,17,20). The summed E-state index contributed by atoms with van der Waals surface area (Å²) in [6.45, 7) is 9.64. The molecule has 1 amide bonds. The lowest BCUT2D eigenvalue weighted by molar-refractivity contribution is -0.126. The van der Waals surface area contributed by atoms with E-state index in [0.29, 0.717) is 11.8 Å². The van der Waals surface area contributed by atoms with Crippen LogP contribution in [0.3, 0.4) is 0 Å². The zero-order valence-electron chi connectivity index (χ0n) is 13.7. The van der Waals surface area contributed by atoms with E-state index in [1.807, 2.05) is 0 Å². The Kier molecular flexibility index (Phi) is 6.96. The maximum Gasteiger partial charge on any atom is 0.238 e. The van der Waals surface area contributed by atoms with Crippen molar-refractivity contribution in [2.24, 2.45) is 17.6 Å². The molecule has 0 aromatic rings. The second-order valence-corrected chi connectivity index (χ2v) is 6.80. The number of nitrogens with two attached hydrogens (primary N) is 1. The molecular formula is C16H33N3O. The van der Waals surface area contributed by atoms with Gasteiger partial charge in [-0.15, -0.1) is 0 Å². The van der Waals surface area contributed by atoms with Crippen LogP contribution in [0.2, 0.25) is 0 Å². The van der Waals surface area contributed by atoms with E-state index in [2.05, 4.69) is 38.0 Å². The fraction of sp³-hybridized carbons (Fsp3) is 0.938. The van der Waals surface area contributed by atoms with Crippen LogP contribution in [-0.2, 0) is 4.79 Å². The number of amides is 1. The Morgan fingerprint density at radius 3 is 2.75 bits per heavy atom. The summed E-state index contributed by atoms with van der Waals surface area (Å²) in [5.74, 6) is 0.920. The molecule has 118 valence electrons. The zero-order valence-corrected chi connectivity index (χ0v) is 13.7. The maximum absolute atomic E-state index is 12.0. The predicted molar refractivity (Wildman–Crippen MR) is 84.5 cm³/mol. The quantitative estimate of drug-likeness (QED) is 0.680. The van der Waals surface area contributed by atoms with E-state index in [1.54, 1.807) is 0 Å². The van der Waals surface area contributed by atoms with Gasteiger partial charge in [-0.3, -0.25) is 4.79 Å². The molecule has 0 radical (unpaired) electrons. The Morgan fingerprint density at radius 2 is 2.20 bits per heavy atom.